The number of nitrogens with two attached hydrogens (primary N) is 2. The zero-order valence-electron chi connectivity index (χ0n) is 30.1. The highest BCUT2D eigenvalue weighted by atomic mass is 16.3. The number of benzene rings is 3. The molecule has 54 heavy (non-hydrogen) atoms. The second-order valence-corrected chi connectivity index (χ2v) is 13.1. The molecule has 3 aromatic carbocycles. The monoisotopic (exact) mass is 739 g/mol. The number of aromatic hydroxyl groups is 1. The maximum atomic E-state index is 14.0. The van der Waals surface area contributed by atoms with Gasteiger partial charge in [0.15, 0.2) is 0 Å². The number of hydrogen-bond acceptors (Lipinski definition) is 8. The molecule has 0 aliphatic carbocycles. The third-order valence-corrected chi connectivity index (χ3v) is 9.02. The van der Waals surface area contributed by atoms with Gasteiger partial charge in [0.2, 0.25) is 35.4 Å². The van der Waals surface area contributed by atoms with Gasteiger partial charge in [0.05, 0.1) is 6.54 Å². The average molecular weight is 740 g/mol. The smallest absolute Gasteiger partial charge is 0.246 e. The molecule has 0 spiro atoms. The maximum Gasteiger partial charge on any atom is 0.246 e. The predicted octanol–water partition coefficient (Wildman–Crippen LogP) is 1.07. The van der Waals surface area contributed by atoms with Gasteiger partial charge < -0.3 is 42.7 Å². The van der Waals surface area contributed by atoms with Crippen LogP contribution in [0.2, 0.25) is 0 Å². The van der Waals surface area contributed by atoms with E-state index in [1.165, 1.54) is 23.1 Å². The molecule has 1 aliphatic rings. The Morgan fingerprint density at radius 2 is 1.44 bits per heavy atom. The van der Waals surface area contributed by atoms with E-state index in [2.05, 4.69) is 21.3 Å². The Bertz CT molecular complexity index is 1750. The molecule has 0 saturated carbocycles. The zero-order chi connectivity index (χ0) is 38.9. The number of phenols is 1. The Kier molecular flexibility index (Phi) is 15.8. The number of nitrogens with one attached hydrogen (secondary N) is 4. The molecule has 6 amide bonds. The Labute approximate surface area is 314 Å². The zero-order valence-corrected chi connectivity index (χ0v) is 30.1. The summed E-state index contributed by atoms with van der Waals surface area (Å²) >= 11 is 0. The van der Waals surface area contributed by atoms with Crippen molar-refractivity contribution in [3.63, 3.8) is 0 Å². The van der Waals surface area contributed by atoms with Crippen LogP contribution in [0.4, 0.5) is 0 Å². The van der Waals surface area contributed by atoms with Crippen molar-refractivity contribution in [1.82, 2.24) is 26.2 Å². The van der Waals surface area contributed by atoms with Crippen molar-refractivity contribution in [3.05, 3.63) is 108 Å². The molecule has 0 unspecified atom stereocenters. The van der Waals surface area contributed by atoms with Gasteiger partial charge in [-0.1, -0.05) is 72.8 Å². The largest absolute Gasteiger partial charge is 0.508 e. The van der Waals surface area contributed by atoms with Crippen LogP contribution in [0.1, 0.15) is 48.8 Å². The van der Waals surface area contributed by atoms with E-state index < -0.39 is 66.2 Å². The first-order valence-electron chi connectivity index (χ1n) is 18.1. The molecule has 4 atom stereocenters. The first-order valence-corrected chi connectivity index (χ1v) is 18.1. The lowest BCUT2D eigenvalue weighted by Crippen LogP contribution is -2.56. The Hall–Kier alpha value is -6.02. The summed E-state index contributed by atoms with van der Waals surface area (Å²) in [6, 6.07) is 20.5. The fourth-order valence-electron chi connectivity index (χ4n) is 6.16. The summed E-state index contributed by atoms with van der Waals surface area (Å²) < 4.78 is 0. The normalized spacial score (nSPS) is 15.5. The predicted molar refractivity (Wildman–Crippen MR) is 203 cm³/mol. The number of amides is 6. The van der Waals surface area contributed by atoms with Crippen LogP contribution in [0.3, 0.4) is 0 Å². The van der Waals surface area contributed by atoms with Gasteiger partial charge in [-0.25, -0.2) is 0 Å². The van der Waals surface area contributed by atoms with Gasteiger partial charge in [-0.15, -0.1) is 0 Å². The number of nitrogens with zero attached hydrogens (tertiary/aromatic N) is 1. The van der Waals surface area contributed by atoms with Crippen molar-refractivity contribution in [2.75, 3.05) is 19.6 Å². The van der Waals surface area contributed by atoms with Gasteiger partial charge in [-0.2, -0.15) is 0 Å². The molecule has 0 radical (unpaired) electrons. The van der Waals surface area contributed by atoms with Crippen molar-refractivity contribution in [3.8, 4) is 5.75 Å². The van der Waals surface area contributed by atoms with Crippen LogP contribution in [-0.4, -0.2) is 89.3 Å². The molecule has 1 heterocycles. The number of carbonyl (C=O) groups excluding carboxylic acids is 6. The van der Waals surface area contributed by atoms with Crippen molar-refractivity contribution in [1.29, 1.82) is 0 Å². The number of phenolic OH excluding ortho intramolecular Hbond substituents is 1. The molecular formula is C40H49N7O7. The molecule has 14 nitrogen and oxygen atoms in total. The van der Waals surface area contributed by atoms with E-state index in [9.17, 15) is 33.9 Å². The fraction of sp³-hybridized carbons (Fsp3) is 0.350. The van der Waals surface area contributed by atoms with Crippen molar-refractivity contribution >= 4 is 41.5 Å². The highest BCUT2D eigenvalue weighted by Crippen LogP contribution is 2.20. The number of carbonyl (C=O) groups is 6. The van der Waals surface area contributed by atoms with E-state index in [1.54, 1.807) is 42.5 Å². The van der Waals surface area contributed by atoms with E-state index in [0.29, 0.717) is 37.8 Å². The van der Waals surface area contributed by atoms with Gasteiger partial charge in [0.1, 0.15) is 29.9 Å². The van der Waals surface area contributed by atoms with Gasteiger partial charge in [0.25, 0.3) is 0 Å². The summed E-state index contributed by atoms with van der Waals surface area (Å²) in [5, 5.41) is 20.4. The van der Waals surface area contributed by atoms with E-state index >= 15 is 0 Å². The second-order valence-electron chi connectivity index (χ2n) is 13.1. The molecule has 14 heteroatoms. The molecular weight excluding hydrogens is 690 g/mol. The number of likely N-dealkylation sites (tertiary alicyclic amines) is 1. The molecule has 1 fully saturated rings. The van der Waals surface area contributed by atoms with E-state index in [4.69, 9.17) is 11.5 Å². The minimum atomic E-state index is -1.03. The third kappa shape index (κ3) is 12.9. The SMILES string of the molecule is NCCCC[C@H](NC(=O)CNC(=O)[C@@H]1CCCN1C(=O)[C@H](Cc1ccc(O)cc1)NC(=O)/C=C/c1ccccc1)C(=O)N[C@@H](Cc1ccccc1)C(N)=O. The summed E-state index contributed by atoms with van der Waals surface area (Å²) in [4.78, 5) is 80.4. The summed E-state index contributed by atoms with van der Waals surface area (Å²) in [6.45, 7) is 0.175. The lowest BCUT2D eigenvalue weighted by Gasteiger charge is -2.28. The van der Waals surface area contributed by atoms with Crippen molar-refractivity contribution < 1.29 is 33.9 Å². The summed E-state index contributed by atoms with van der Waals surface area (Å²) in [7, 11) is 0. The molecule has 1 saturated heterocycles. The van der Waals surface area contributed by atoms with Crippen molar-refractivity contribution in [2.24, 2.45) is 11.5 Å². The van der Waals surface area contributed by atoms with Crippen LogP contribution in [-0.2, 0) is 41.6 Å². The van der Waals surface area contributed by atoms with Crippen LogP contribution in [0.5, 0.6) is 5.75 Å². The lowest BCUT2D eigenvalue weighted by atomic mass is 10.0. The number of primary amides is 1. The number of unbranched alkanes of at least 4 members (excludes halogenated alkanes) is 1. The van der Waals surface area contributed by atoms with Crippen LogP contribution >= 0.6 is 0 Å². The summed E-state index contributed by atoms with van der Waals surface area (Å²) in [6.07, 6.45) is 5.45. The lowest BCUT2D eigenvalue weighted by molar-refractivity contribution is -0.141. The molecule has 0 bridgehead atoms. The van der Waals surface area contributed by atoms with Crippen LogP contribution < -0.4 is 32.7 Å². The van der Waals surface area contributed by atoms with E-state index in [0.717, 1.165) is 11.1 Å². The maximum absolute atomic E-state index is 14.0. The van der Waals surface area contributed by atoms with Crippen LogP contribution in [0.25, 0.3) is 6.08 Å². The Balaban J connectivity index is 1.39. The topological polar surface area (TPSA) is 226 Å². The fourth-order valence-corrected chi connectivity index (χ4v) is 6.16. The number of rotatable bonds is 19. The first-order chi connectivity index (χ1) is 26.0. The Morgan fingerprint density at radius 1 is 0.796 bits per heavy atom. The first kappa shape index (κ1) is 40.7. The second kappa shape index (κ2) is 20.9. The van der Waals surface area contributed by atoms with Gasteiger partial charge in [-0.3, -0.25) is 28.8 Å². The Morgan fingerprint density at radius 3 is 2.11 bits per heavy atom. The van der Waals surface area contributed by atoms with E-state index in [-0.39, 0.29) is 31.6 Å². The molecule has 0 aromatic heterocycles. The number of hydrogen-bond donors (Lipinski definition) is 7. The van der Waals surface area contributed by atoms with Gasteiger partial charge >= 0.3 is 0 Å². The molecule has 3 aromatic rings. The van der Waals surface area contributed by atoms with Crippen molar-refractivity contribution in [2.45, 2.75) is 69.1 Å². The average Bonchev–Trinajstić information content (AvgIpc) is 3.67. The quantitative estimate of drug-likeness (QED) is 0.0694. The summed E-state index contributed by atoms with van der Waals surface area (Å²) in [5.74, 6) is -3.45. The van der Waals surface area contributed by atoms with Crippen LogP contribution in [0, 0.1) is 0 Å². The molecule has 1 aliphatic heterocycles. The standard InChI is InChI=1S/C40H49N7O7/c41-22-8-7-14-31(38(52)46-32(37(42)51)24-28-12-5-2-6-13-28)44-36(50)26-43-39(53)34-15-9-23-47(34)40(54)33(25-29-16-19-30(48)20-17-29)45-35(49)21-18-27-10-3-1-4-11-27/h1-6,10-13,16-21,31-34,48H,7-9,14-15,22-26,41H2,(H2,42,51)(H,43,53)(H,44,50)(H,45,49)(H,46,52)/b21-18+/t31-,32-,33-,34-/m0/s1. The molecule has 286 valence electrons. The van der Waals surface area contributed by atoms with Gasteiger partial charge in [-0.05, 0) is 73.5 Å². The highest BCUT2D eigenvalue weighted by Gasteiger charge is 2.38. The van der Waals surface area contributed by atoms with Crippen LogP contribution in [0.15, 0.2) is 91.0 Å². The van der Waals surface area contributed by atoms with Gasteiger partial charge in [0, 0.05) is 25.5 Å². The summed E-state index contributed by atoms with van der Waals surface area (Å²) in [5.41, 5.74) is 13.5. The molecule has 9 N–H and O–H groups in total. The third-order valence-electron chi connectivity index (χ3n) is 9.02. The highest BCUT2D eigenvalue weighted by molar-refractivity contribution is 5.98. The minimum absolute atomic E-state index is 0.0530. The molecule has 4 rings (SSSR count). The minimum Gasteiger partial charge on any atom is -0.508 e. The van der Waals surface area contributed by atoms with E-state index in [1.807, 2.05) is 36.4 Å².